The second kappa shape index (κ2) is 6.52. The standard InChI is InChI=1S/C11H20ClN3S/c1-5-16-7-9(13-3)6-10-8(2)14-15(4)11(10)12/h9,13H,5-7H2,1-4H3. The third kappa shape index (κ3) is 3.40. The summed E-state index contributed by atoms with van der Waals surface area (Å²) in [6.07, 6.45) is 0.946. The number of hydrogen-bond acceptors (Lipinski definition) is 3. The molecule has 0 radical (unpaired) electrons. The lowest BCUT2D eigenvalue weighted by atomic mass is 10.1. The third-order valence-corrected chi connectivity index (χ3v) is 4.17. The Hall–Kier alpha value is -0.190. The Kier molecular flexibility index (Phi) is 5.66. The van der Waals surface area contributed by atoms with Crippen molar-refractivity contribution in [1.82, 2.24) is 15.1 Å². The summed E-state index contributed by atoms with van der Waals surface area (Å²) in [7, 11) is 3.88. The number of nitrogens with one attached hydrogen (secondary N) is 1. The molecule has 0 saturated carbocycles. The molecule has 0 amide bonds. The predicted molar refractivity (Wildman–Crippen MR) is 72.5 cm³/mol. The van der Waals surface area contributed by atoms with E-state index in [1.807, 2.05) is 32.8 Å². The number of nitrogens with zero attached hydrogens (tertiary/aromatic N) is 2. The van der Waals surface area contributed by atoms with E-state index in [9.17, 15) is 0 Å². The highest BCUT2D eigenvalue weighted by atomic mass is 35.5. The van der Waals surface area contributed by atoms with Crippen LogP contribution in [0.5, 0.6) is 0 Å². The van der Waals surface area contributed by atoms with Crippen LogP contribution in [0.4, 0.5) is 0 Å². The fourth-order valence-corrected chi connectivity index (χ4v) is 2.71. The van der Waals surface area contributed by atoms with Gasteiger partial charge in [0.15, 0.2) is 0 Å². The molecule has 1 heterocycles. The maximum absolute atomic E-state index is 6.22. The maximum atomic E-state index is 6.22. The molecule has 0 aromatic carbocycles. The second-order valence-electron chi connectivity index (χ2n) is 3.83. The number of aryl methyl sites for hydroxylation is 2. The van der Waals surface area contributed by atoms with Crippen LogP contribution in [0.2, 0.25) is 5.15 Å². The average Bonchev–Trinajstić information content (AvgIpc) is 2.50. The van der Waals surface area contributed by atoms with Gasteiger partial charge in [-0.3, -0.25) is 4.68 Å². The summed E-state index contributed by atoms with van der Waals surface area (Å²) in [5, 5.41) is 8.42. The van der Waals surface area contributed by atoms with Crippen molar-refractivity contribution in [3.63, 3.8) is 0 Å². The predicted octanol–water partition coefficient (Wildman–Crippen LogP) is 2.27. The fraction of sp³-hybridized carbons (Fsp3) is 0.727. The summed E-state index contributed by atoms with van der Waals surface area (Å²) in [6.45, 7) is 4.20. The van der Waals surface area contributed by atoms with Gasteiger partial charge in [0.2, 0.25) is 0 Å². The molecular weight excluding hydrogens is 242 g/mol. The lowest BCUT2D eigenvalue weighted by Gasteiger charge is -2.15. The molecule has 92 valence electrons. The van der Waals surface area contributed by atoms with Crippen molar-refractivity contribution in [2.75, 3.05) is 18.6 Å². The molecule has 5 heteroatoms. The summed E-state index contributed by atoms with van der Waals surface area (Å²) in [6, 6.07) is 0.463. The number of halogens is 1. The van der Waals surface area contributed by atoms with Crippen LogP contribution in [-0.2, 0) is 13.5 Å². The molecule has 0 spiro atoms. The van der Waals surface area contributed by atoms with Gasteiger partial charge in [0.25, 0.3) is 0 Å². The summed E-state index contributed by atoms with van der Waals surface area (Å²) in [5.41, 5.74) is 2.20. The Labute approximate surface area is 107 Å². The van der Waals surface area contributed by atoms with E-state index in [-0.39, 0.29) is 0 Å². The van der Waals surface area contributed by atoms with Crippen molar-refractivity contribution in [3.05, 3.63) is 16.4 Å². The monoisotopic (exact) mass is 261 g/mol. The number of aromatic nitrogens is 2. The van der Waals surface area contributed by atoms with Crippen LogP contribution in [0.1, 0.15) is 18.2 Å². The van der Waals surface area contributed by atoms with Crippen LogP contribution >= 0.6 is 23.4 Å². The Morgan fingerprint density at radius 1 is 1.56 bits per heavy atom. The molecule has 0 bridgehead atoms. The highest BCUT2D eigenvalue weighted by Gasteiger charge is 2.15. The largest absolute Gasteiger partial charge is 0.316 e. The van der Waals surface area contributed by atoms with Crippen LogP contribution in [0.15, 0.2) is 0 Å². The second-order valence-corrected chi connectivity index (χ2v) is 5.50. The summed E-state index contributed by atoms with van der Waals surface area (Å²) < 4.78 is 1.74. The lowest BCUT2D eigenvalue weighted by molar-refractivity contribution is 0.615. The smallest absolute Gasteiger partial charge is 0.130 e. The lowest BCUT2D eigenvalue weighted by Crippen LogP contribution is -2.30. The quantitative estimate of drug-likeness (QED) is 0.852. The summed E-state index contributed by atoms with van der Waals surface area (Å²) >= 11 is 8.16. The first-order valence-corrected chi connectivity index (χ1v) is 7.06. The molecule has 0 aliphatic carbocycles. The van der Waals surface area contributed by atoms with Crippen LogP contribution < -0.4 is 5.32 Å². The Morgan fingerprint density at radius 3 is 2.69 bits per heavy atom. The van der Waals surface area contributed by atoms with Crippen LogP contribution in [0.25, 0.3) is 0 Å². The minimum absolute atomic E-state index is 0.463. The van der Waals surface area contributed by atoms with E-state index in [2.05, 4.69) is 17.3 Å². The number of likely N-dealkylation sites (N-methyl/N-ethyl adjacent to an activating group) is 1. The summed E-state index contributed by atoms with van der Waals surface area (Å²) in [5.74, 6) is 2.26. The van der Waals surface area contributed by atoms with Crippen molar-refractivity contribution in [2.24, 2.45) is 7.05 Å². The van der Waals surface area contributed by atoms with Gasteiger partial charge in [-0.2, -0.15) is 16.9 Å². The zero-order valence-electron chi connectivity index (χ0n) is 10.4. The van der Waals surface area contributed by atoms with E-state index < -0.39 is 0 Å². The number of hydrogen-bond donors (Lipinski definition) is 1. The molecule has 0 saturated heterocycles. The third-order valence-electron chi connectivity index (χ3n) is 2.65. The average molecular weight is 262 g/mol. The van der Waals surface area contributed by atoms with Crippen molar-refractivity contribution in [3.8, 4) is 0 Å². The first kappa shape index (κ1) is 13.9. The van der Waals surface area contributed by atoms with Crippen LogP contribution in [0, 0.1) is 6.92 Å². The van der Waals surface area contributed by atoms with Crippen molar-refractivity contribution in [1.29, 1.82) is 0 Å². The van der Waals surface area contributed by atoms with Crippen LogP contribution in [-0.4, -0.2) is 34.4 Å². The summed E-state index contributed by atoms with van der Waals surface area (Å²) in [4.78, 5) is 0. The Morgan fingerprint density at radius 2 is 2.25 bits per heavy atom. The van der Waals surface area contributed by atoms with Gasteiger partial charge in [0, 0.05) is 24.4 Å². The zero-order chi connectivity index (χ0) is 12.1. The minimum atomic E-state index is 0.463. The molecule has 1 aromatic rings. The maximum Gasteiger partial charge on any atom is 0.130 e. The van der Waals surface area contributed by atoms with Crippen molar-refractivity contribution in [2.45, 2.75) is 26.3 Å². The fourth-order valence-electron chi connectivity index (χ4n) is 1.66. The SMILES string of the molecule is CCSCC(Cc1c(C)nn(C)c1Cl)NC. The van der Waals surface area contributed by atoms with E-state index in [0.29, 0.717) is 6.04 Å². The molecule has 1 unspecified atom stereocenters. The molecule has 1 aromatic heterocycles. The van der Waals surface area contributed by atoms with Gasteiger partial charge in [0.1, 0.15) is 5.15 Å². The number of thioether (sulfide) groups is 1. The van der Waals surface area contributed by atoms with Crippen molar-refractivity contribution >= 4 is 23.4 Å². The van der Waals surface area contributed by atoms with Gasteiger partial charge < -0.3 is 5.32 Å². The normalized spacial score (nSPS) is 13.1. The Bertz CT molecular complexity index is 338. The zero-order valence-corrected chi connectivity index (χ0v) is 12.0. The van der Waals surface area contributed by atoms with E-state index in [4.69, 9.17) is 11.6 Å². The molecule has 0 fully saturated rings. The van der Waals surface area contributed by atoms with Crippen LogP contribution in [0.3, 0.4) is 0 Å². The molecule has 1 rings (SSSR count). The molecule has 16 heavy (non-hydrogen) atoms. The highest BCUT2D eigenvalue weighted by Crippen LogP contribution is 2.21. The number of rotatable bonds is 6. The first-order valence-electron chi connectivity index (χ1n) is 5.53. The molecule has 1 atom stereocenters. The van der Waals surface area contributed by atoms with Crippen molar-refractivity contribution < 1.29 is 0 Å². The van der Waals surface area contributed by atoms with Gasteiger partial charge in [-0.25, -0.2) is 0 Å². The Balaban J connectivity index is 2.69. The van der Waals surface area contributed by atoms with Gasteiger partial charge in [0.05, 0.1) is 5.69 Å². The van der Waals surface area contributed by atoms with E-state index in [0.717, 1.165) is 28.8 Å². The molecule has 0 aliphatic heterocycles. The van der Waals surface area contributed by atoms with Gasteiger partial charge in [-0.05, 0) is 26.1 Å². The van der Waals surface area contributed by atoms with E-state index in [1.165, 1.54) is 5.56 Å². The van der Waals surface area contributed by atoms with Gasteiger partial charge in [-0.1, -0.05) is 18.5 Å². The topological polar surface area (TPSA) is 29.9 Å². The van der Waals surface area contributed by atoms with E-state index >= 15 is 0 Å². The molecule has 0 aliphatic rings. The first-order chi connectivity index (χ1) is 7.60. The molecular formula is C11H20ClN3S. The highest BCUT2D eigenvalue weighted by molar-refractivity contribution is 7.99. The minimum Gasteiger partial charge on any atom is -0.316 e. The van der Waals surface area contributed by atoms with E-state index in [1.54, 1.807) is 4.68 Å². The van der Waals surface area contributed by atoms with Gasteiger partial charge in [-0.15, -0.1) is 0 Å². The van der Waals surface area contributed by atoms with Gasteiger partial charge >= 0.3 is 0 Å². The molecule has 1 N–H and O–H groups in total. The molecule has 3 nitrogen and oxygen atoms in total.